The van der Waals surface area contributed by atoms with Gasteiger partial charge in [0.2, 0.25) is 0 Å². The Morgan fingerprint density at radius 2 is 1.09 bits per heavy atom. The van der Waals surface area contributed by atoms with Crippen LogP contribution in [0.15, 0.2) is 162 Å². The lowest BCUT2D eigenvalue weighted by atomic mass is 10.1. The van der Waals surface area contributed by atoms with Crippen molar-refractivity contribution < 1.29 is 0 Å². The summed E-state index contributed by atoms with van der Waals surface area (Å²) in [6.07, 6.45) is 13.8. The number of nitriles is 2. The summed E-state index contributed by atoms with van der Waals surface area (Å²) >= 11 is 0. The van der Waals surface area contributed by atoms with Gasteiger partial charge in [0.1, 0.15) is 11.6 Å². The molecule has 278 valence electrons. The van der Waals surface area contributed by atoms with Gasteiger partial charge in [0.05, 0.1) is 35.9 Å². The van der Waals surface area contributed by atoms with Crippen LogP contribution in [0.2, 0.25) is 0 Å². The van der Waals surface area contributed by atoms with Crippen molar-refractivity contribution in [2.24, 2.45) is 0 Å². The molecule has 0 fully saturated rings. The number of imidazole rings is 2. The highest BCUT2D eigenvalue weighted by atomic mass is 16.1. The van der Waals surface area contributed by atoms with Gasteiger partial charge >= 0.3 is 0 Å². The van der Waals surface area contributed by atoms with Gasteiger partial charge in [-0.1, -0.05) is 36.4 Å². The van der Waals surface area contributed by atoms with Gasteiger partial charge in [-0.2, -0.15) is 10.5 Å². The molecule has 0 atom stereocenters. The van der Waals surface area contributed by atoms with E-state index in [4.69, 9.17) is 10.5 Å². The van der Waals surface area contributed by atoms with Crippen LogP contribution in [0.1, 0.15) is 50.5 Å². The van der Waals surface area contributed by atoms with E-state index >= 15 is 0 Å². The number of benzene rings is 2. The van der Waals surface area contributed by atoms with Crippen LogP contribution in [-0.4, -0.2) is 38.2 Å². The minimum Gasteiger partial charge on any atom is -0.330 e. The maximum absolute atomic E-state index is 12.6. The Bertz CT molecular complexity index is 2820. The molecule has 12 heteroatoms. The highest BCUT2D eigenvalue weighted by Crippen LogP contribution is 2.15. The van der Waals surface area contributed by atoms with Crippen molar-refractivity contribution in [2.45, 2.75) is 32.9 Å². The van der Waals surface area contributed by atoms with E-state index in [-0.39, 0.29) is 11.1 Å². The molecule has 0 aliphatic heterocycles. The number of aryl methyl sites for hydroxylation is 1. The first kappa shape index (κ1) is 37.4. The largest absolute Gasteiger partial charge is 0.330 e. The average molecular weight is 749 g/mol. The third-order valence-electron chi connectivity index (χ3n) is 9.22. The summed E-state index contributed by atoms with van der Waals surface area (Å²) in [6.45, 7) is 3.02. The number of hydrogen-bond acceptors (Lipinski definition) is 8. The Hall–Kier alpha value is -7.96. The minimum absolute atomic E-state index is 0.116. The first-order valence-corrected chi connectivity index (χ1v) is 18.1. The van der Waals surface area contributed by atoms with E-state index in [2.05, 4.69) is 32.1 Å². The van der Waals surface area contributed by atoms with Crippen molar-refractivity contribution in [3.8, 4) is 23.8 Å². The predicted octanol–water partition coefficient (Wildman–Crippen LogP) is 6.19. The Balaban J connectivity index is 0.000000174. The first-order valence-electron chi connectivity index (χ1n) is 18.1. The second-order valence-electron chi connectivity index (χ2n) is 13.3. The van der Waals surface area contributed by atoms with E-state index in [0.29, 0.717) is 48.7 Å². The van der Waals surface area contributed by atoms with Crippen LogP contribution >= 0.6 is 0 Å². The van der Waals surface area contributed by atoms with Crippen LogP contribution in [-0.2, 0) is 25.9 Å². The number of pyridine rings is 4. The monoisotopic (exact) mass is 748 g/mol. The lowest BCUT2D eigenvalue weighted by Gasteiger charge is -2.10. The van der Waals surface area contributed by atoms with Crippen LogP contribution in [0, 0.1) is 29.6 Å². The molecule has 0 saturated heterocycles. The standard InChI is InChI=1S/C23H19N5O.C22H17N5O/c1-17-3-2-4-22(26-17)28-10-9-20(12-23(28)29)15-27-16-25-14-21(27)11-18-5-7-19(13-24)8-6-18;23-13-18-6-4-17(5-7-18)11-20-14-24-16-26(20)15-19-8-10-27(22(28)12-19)21-3-1-2-9-25-21/h2-10,12,14,16H,11,15H2,1H3;1-10,12,14,16H,11,15H2. The molecule has 8 rings (SSSR count). The van der Waals surface area contributed by atoms with Crippen molar-refractivity contribution in [2.75, 3.05) is 0 Å². The fraction of sp³-hybridized carbons (Fsp3) is 0.111. The van der Waals surface area contributed by atoms with Gasteiger partial charge in [-0.3, -0.25) is 18.7 Å². The molecule has 0 saturated carbocycles. The molecule has 6 aromatic heterocycles. The highest BCUT2D eigenvalue weighted by Gasteiger charge is 2.09. The zero-order valence-electron chi connectivity index (χ0n) is 31.1. The predicted molar refractivity (Wildman–Crippen MR) is 215 cm³/mol. The van der Waals surface area contributed by atoms with Crippen molar-refractivity contribution in [3.05, 3.63) is 224 Å². The summed E-state index contributed by atoms with van der Waals surface area (Å²) in [5.41, 5.74) is 8.01. The lowest BCUT2D eigenvalue weighted by molar-refractivity contribution is 0.748. The van der Waals surface area contributed by atoms with Gasteiger partial charge in [-0.05, 0) is 89.8 Å². The van der Waals surface area contributed by atoms with Gasteiger partial charge in [-0.15, -0.1) is 0 Å². The molecule has 0 spiro atoms. The van der Waals surface area contributed by atoms with Crippen LogP contribution in [0.4, 0.5) is 0 Å². The van der Waals surface area contributed by atoms with E-state index in [0.717, 1.165) is 39.3 Å². The SMILES string of the molecule is Cc1cccc(-n2ccc(Cn3cncc3Cc3ccc(C#N)cc3)cc2=O)n1.N#Cc1ccc(Cc2cncn2Cc2ccn(-c3ccccn3)c(=O)c2)cc1. The second-order valence-corrected chi connectivity index (χ2v) is 13.3. The summed E-state index contributed by atoms with van der Waals surface area (Å²) in [6, 6.07) is 37.5. The smallest absolute Gasteiger partial charge is 0.256 e. The summed E-state index contributed by atoms with van der Waals surface area (Å²) in [5.74, 6) is 1.22. The van der Waals surface area contributed by atoms with Gasteiger partial charge in [0.15, 0.2) is 0 Å². The van der Waals surface area contributed by atoms with E-state index in [1.807, 2.05) is 119 Å². The number of nitrogens with zero attached hydrogens (tertiary/aromatic N) is 10. The van der Waals surface area contributed by atoms with Gasteiger partial charge in [-0.25, -0.2) is 19.9 Å². The second kappa shape index (κ2) is 17.5. The maximum Gasteiger partial charge on any atom is 0.256 e. The topological polar surface area (TPSA) is 153 Å². The molecule has 8 aromatic rings. The van der Waals surface area contributed by atoms with Crippen molar-refractivity contribution in [1.82, 2.24) is 38.2 Å². The maximum atomic E-state index is 12.6. The van der Waals surface area contributed by atoms with Crippen LogP contribution in [0.25, 0.3) is 11.6 Å². The minimum atomic E-state index is -0.120. The molecule has 12 nitrogen and oxygen atoms in total. The van der Waals surface area contributed by atoms with Gasteiger partial charge in [0, 0.05) is 86.1 Å². The quantitative estimate of drug-likeness (QED) is 0.161. The van der Waals surface area contributed by atoms with Gasteiger partial charge in [0.25, 0.3) is 11.1 Å². The molecule has 2 aromatic carbocycles. The van der Waals surface area contributed by atoms with Gasteiger partial charge < -0.3 is 9.13 Å². The van der Waals surface area contributed by atoms with Crippen molar-refractivity contribution >= 4 is 0 Å². The number of hydrogen-bond donors (Lipinski definition) is 0. The van der Waals surface area contributed by atoms with Crippen LogP contribution in [0.3, 0.4) is 0 Å². The molecule has 0 aliphatic carbocycles. The molecule has 0 bridgehead atoms. The lowest BCUT2D eigenvalue weighted by Crippen LogP contribution is -2.19. The Morgan fingerprint density at radius 3 is 1.54 bits per heavy atom. The summed E-state index contributed by atoms with van der Waals surface area (Å²) < 4.78 is 7.12. The molecule has 0 unspecified atom stereocenters. The molecule has 0 radical (unpaired) electrons. The van der Waals surface area contributed by atoms with E-state index < -0.39 is 0 Å². The molecular formula is C45H36N10O2. The zero-order valence-corrected chi connectivity index (χ0v) is 31.1. The number of aromatic nitrogens is 8. The zero-order chi connectivity index (χ0) is 39.6. The summed E-state index contributed by atoms with van der Waals surface area (Å²) in [7, 11) is 0. The molecule has 6 heterocycles. The molecule has 0 amide bonds. The van der Waals surface area contributed by atoms with Crippen molar-refractivity contribution in [3.63, 3.8) is 0 Å². The van der Waals surface area contributed by atoms with E-state index in [9.17, 15) is 9.59 Å². The first-order chi connectivity index (χ1) is 27.8. The van der Waals surface area contributed by atoms with Crippen LogP contribution < -0.4 is 11.1 Å². The molecule has 0 N–H and O–H groups in total. The Kier molecular flexibility index (Phi) is 11.4. The normalized spacial score (nSPS) is 10.6. The molecule has 57 heavy (non-hydrogen) atoms. The molecule has 0 aliphatic rings. The summed E-state index contributed by atoms with van der Waals surface area (Å²) in [5, 5.41) is 17.8. The summed E-state index contributed by atoms with van der Waals surface area (Å²) in [4.78, 5) is 42.2. The fourth-order valence-electron chi connectivity index (χ4n) is 6.26. The van der Waals surface area contributed by atoms with E-state index in [1.54, 1.807) is 54.0 Å². The highest BCUT2D eigenvalue weighted by molar-refractivity contribution is 5.35. The third kappa shape index (κ3) is 9.41. The molecular weight excluding hydrogens is 713 g/mol. The Morgan fingerprint density at radius 1 is 0.579 bits per heavy atom. The Labute approximate surface area is 328 Å². The number of rotatable bonds is 10. The van der Waals surface area contributed by atoms with E-state index in [1.165, 1.54) is 4.57 Å². The van der Waals surface area contributed by atoms with Crippen LogP contribution in [0.5, 0.6) is 0 Å². The third-order valence-corrected chi connectivity index (χ3v) is 9.22. The van der Waals surface area contributed by atoms with Crippen molar-refractivity contribution in [1.29, 1.82) is 10.5 Å². The average Bonchev–Trinajstić information content (AvgIpc) is 3.87. The fourth-order valence-corrected chi connectivity index (χ4v) is 6.26.